The Morgan fingerprint density at radius 1 is 1.04 bits per heavy atom. The largest absolute Gasteiger partial charge is 0.451 e. The molecule has 3 rings (SSSR count). The number of hydrogen-bond acceptors (Lipinski definition) is 5. The van der Waals surface area contributed by atoms with Crippen molar-refractivity contribution in [2.24, 2.45) is 0 Å². The van der Waals surface area contributed by atoms with Crippen molar-refractivity contribution in [1.29, 1.82) is 0 Å². The third-order valence-corrected chi connectivity index (χ3v) is 4.87. The number of nitrogens with zero attached hydrogens (tertiary/aromatic N) is 1. The van der Waals surface area contributed by atoms with E-state index in [1.165, 1.54) is 18.2 Å². The molecular weight excluding hydrogens is 328 g/mol. The third-order valence-electron chi connectivity index (χ3n) is 3.52. The van der Waals surface area contributed by atoms with Gasteiger partial charge in [-0.15, -0.1) is 0 Å². The number of anilines is 1. The number of carbonyl (C=O) groups is 1. The highest BCUT2D eigenvalue weighted by molar-refractivity contribution is 7.90. The number of rotatable bonds is 4. The average molecular weight is 344 g/mol. The van der Waals surface area contributed by atoms with Crippen molar-refractivity contribution < 1.29 is 17.6 Å². The summed E-state index contributed by atoms with van der Waals surface area (Å²) >= 11 is 0. The lowest BCUT2D eigenvalue weighted by molar-refractivity contribution is 0.0956. The van der Waals surface area contributed by atoms with Crippen LogP contribution in [0, 0.1) is 0 Å². The van der Waals surface area contributed by atoms with Gasteiger partial charge in [0.2, 0.25) is 0 Å². The smallest absolute Gasteiger partial charge is 0.300 e. The fourth-order valence-electron chi connectivity index (χ4n) is 2.24. The second kappa shape index (κ2) is 6.01. The monoisotopic (exact) mass is 344 g/mol. The van der Waals surface area contributed by atoms with E-state index in [0.29, 0.717) is 5.58 Å². The van der Waals surface area contributed by atoms with Gasteiger partial charge in [0.15, 0.2) is 5.76 Å². The number of carbonyl (C=O) groups excluding carboxylic acids is 1. The predicted molar refractivity (Wildman–Crippen MR) is 91.6 cm³/mol. The van der Waals surface area contributed by atoms with Crippen molar-refractivity contribution in [2.45, 2.75) is 4.90 Å². The van der Waals surface area contributed by atoms with E-state index in [2.05, 4.69) is 0 Å². The van der Waals surface area contributed by atoms with Crippen molar-refractivity contribution in [2.75, 3.05) is 19.0 Å². The first kappa shape index (κ1) is 16.1. The summed E-state index contributed by atoms with van der Waals surface area (Å²) in [7, 11) is -0.148. The van der Waals surface area contributed by atoms with Crippen LogP contribution in [0.4, 0.5) is 5.69 Å². The molecule has 1 aromatic heterocycles. The molecule has 0 bridgehead atoms. The van der Waals surface area contributed by atoms with Crippen molar-refractivity contribution in [3.8, 4) is 0 Å². The van der Waals surface area contributed by atoms with Gasteiger partial charge in [0.25, 0.3) is 10.0 Å². The molecule has 0 saturated heterocycles. The zero-order chi connectivity index (χ0) is 17.3. The molecule has 0 unspecified atom stereocenters. The second-order valence-electron chi connectivity index (χ2n) is 5.47. The minimum atomic E-state index is -3.93. The van der Waals surface area contributed by atoms with Crippen LogP contribution in [0.15, 0.2) is 63.9 Å². The fourth-order valence-corrected chi connectivity index (χ4v) is 3.22. The zero-order valence-corrected chi connectivity index (χ0v) is 14.0. The van der Waals surface area contributed by atoms with Crippen molar-refractivity contribution in [1.82, 2.24) is 4.72 Å². The zero-order valence-electron chi connectivity index (χ0n) is 13.2. The third kappa shape index (κ3) is 3.11. The lowest BCUT2D eigenvalue weighted by Crippen LogP contribution is -2.30. The maximum atomic E-state index is 12.2. The van der Waals surface area contributed by atoms with Crippen LogP contribution in [-0.2, 0) is 10.0 Å². The van der Waals surface area contributed by atoms with Gasteiger partial charge >= 0.3 is 5.91 Å². The first-order chi connectivity index (χ1) is 11.4. The second-order valence-corrected chi connectivity index (χ2v) is 7.16. The Balaban J connectivity index is 1.89. The van der Waals surface area contributed by atoms with Gasteiger partial charge in [0, 0.05) is 31.2 Å². The number of nitrogens with one attached hydrogen (secondary N) is 1. The molecule has 0 saturated carbocycles. The molecular formula is C17H16N2O4S. The minimum Gasteiger partial charge on any atom is -0.451 e. The van der Waals surface area contributed by atoms with Gasteiger partial charge in [-0.3, -0.25) is 4.79 Å². The topological polar surface area (TPSA) is 79.6 Å². The normalized spacial score (nSPS) is 11.4. The van der Waals surface area contributed by atoms with Gasteiger partial charge < -0.3 is 9.32 Å². The highest BCUT2D eigenvalue weighted by Crippen LogP contribution is 2.24. The SMILES string of the molecule is CN(C)c1ccc2cc(C(=O)NS(=O)(=O)c3ccccc3)oc2c1. The van der Waals surface area contributed by atoms with E-state index < -0.39 is 15.9 Å². The summed E-state index contributed by atoms with van der Waals surface area (Å²) in [6.45, 7) is 0. The van der Waals surface area contributed by atoms with Crippen LogP contribution < -0.4 is 9.62 Å². The highest BCUT2D eigenvalue weighted by atomic mass is 32.2. The van der Waals surface area contributed by atoms with E-state index in [9.17, 15) is 13.2 Å². The van der Waals surface area contributed by atoms with Gasteiger partial charge in [0.1, 0.15) is 5.58 Å². The number of furan rings is 1. The minimum absolute atomic E-state index is 0.0179. The molecule has 0 aliphatic rings. The molecule has 3 aromatic rings. The molecule has 1 N–H and O–H groups in total. The summed E-state index contributed by atoms with van der Waals surface area (Å²) in [5, 5.41) is 0.725. The van der Waals surface area contributed by atoms with E-state index in [0.717, 1.165) is 11.1 Å². The van der Waals surface area contributed by atoms with E-state index in [1.54, 1.807) is 24.3 Å². The number of amides is 1. The lowest BCUT2D eigenvalue weighted by atomic mass is 10.2. The summed E-state index contributed by atoms with van der Waals surface area (Å²) in [5.74, 6) is -0.859. The van der Waals surface area contributed by atoms with Gasteiger partial charge in [0.05, 0.1) is 4.90 Å². The molecule has 0 aliphatic carbocycles. The van der Waals surface area contributed by atoms with E-state index >= 15 is 0 Å². The Labute approximate surface area is 139 Å². The van der Waals surface area contributed by atoms with Crippen LogP contribution >= 0.6 is 0 Å². The predicted octanol–water partition coefficient (Wildman–Crippen LogP) is 2.62. The molecule has 6 nitrogen and oxygen atoms in total. The van der Waals surface area contributed by atoms with Crippen LogP contribution in [-0.4, -0.2) is 28.4 Å². The summed E-state index contributed by atoms with van der Waals surface area (Å²) < 4.78 is 31.9. The molecule has 24 heavy (non-hydrogen) atoms. The first-order valence-corrected chi connectivity index (χ1v) is 8.68. The van der Waals surface area contributed by atoms with Gasteiger partial charge in [-0.1, -0.05) is 18.2 Å². The number of benzene rings is 2. The maximum absolute atomic E-state index is 12.2. The van der Waals surface area contributed by atoms with Crippen LogP contribution in [0.25, 0.3) is 11.0 Å². The van der Waals surface area contributed by atoms with E-state index in [-0.39, 0.29) is 10.7 Å². The Bertz CT molecular complexity index is 992. The number of sulfonamides is 1. The number of fused-ring (bicyclic) bond motifs is 1. The summed E-state index contributed by atoms with van der Waals surface area (Å²) in [5.41, 5.74) is 1.43. The summed E-state index contributed by atoms with van der Waals surface area (Å²) in [6, 6.07) is 14.7. The highest BCUT2D eigenvalue weighted by Gasteiger charge is 2.21. The Kier molecular flexibility index (Phi) is 4.02. The molecule has 0 fully saturated rings. The maximum Gasteiger partial charge on any atom is 0.300 e. The molecule has 0 atom stereocenters. The van der Waals surface area contributed by atoms with Gasteiger partial charge in [-0.05, 0) is 30.3 Å². The van der Waals surface area contributed by atoms with Crippen molar-refractivity contribution in [3.63, 3.8) is 0 Å². The van der Waals surface area contributed by atoms with Gasteiger partial charge in [-0.2, -0.15) is 0 Å². The lowest BCUT2D eigenvalue weighted by Gasteiger charge is -2.11. The van der Waals surface area contributed by atoms with Crippen LogP contribution in [0.1, 0.15) is 10.6 Å². The molecule has 2 aromatic carbocycles. The quantitative estimate of drug-likeness (QED) is 0.787. The average Bonchev–Trinajstić information content (AvgIpc) is 2.98. The molecule has 0 aliphatic heterocycles. The summed E-state index contributed by atoms with van der Waals surface area (Å²) in [4.78, 5) is 14.1. The first-order valence-electron chi connectivity index (χ1n) is 7.20. The molecule has 124 valence electrons. The van der Waals surface area contributed by atoms with Crippen LogP contribution in [0.2, 0.25) is 0 Å². The summed E-state index contributed by atoms with van der Waals surface area (Å²) in [6.07, 6.45) is 0. The molecule has 1 amide bonds. The van der Waals surface area contributed by atoms with Gasteiger partial charge in [-0.25, -0.2) is 13.1 Å². The Morgan fingerprint density at radius 2 is 1.75 bits per heavy atom. The molecule has 0 spiro atoms. The van der Waals surface area contributed by atoms with Crippen LogP contribution in [0.3, 0.4) is 0 Å². The Morgan fingerprint density at radius 3 is 2.42 bits per heavy atom. The molecule has 7 heteroatoms. The van der Waals surface area contributed by atoms with E-state index in [4.69, 9.17) is 4.42 Å². The fraction of sp³-hybridized carbons (Fsp3) is 0.118. The van der Waals surface area contributed by atoms with Crippen molar-refractivity contribution >= 4 is 32.6 Å². The standard InChI is InChI=1S/C17H16N2O4S/c1-19(2)13-9-8-12-10-16(23-15(12)11-13)17(20)18-24(21,22)14-6-4-3-5-7-14/h3-11H,1-2H3,(H,18,20). The van der Waals surface area contributed by atoms with E-state index in [1.807, 2.05) is 35.9 Å². The van der Waals surface area contributed by atoms with Crippen LogP contribution in [0.5, 0.6) is 0 Å². The van der Waals surface area contributed by atoms with Crippen molar-refractivity contribution in [3.05, 3.63) is 60.4 Å². The molecule has 0 radical (unpaired) electrons. The Hall–Kier alpha value is -2.80. The number of hydrogen-bond donors (Lipinski definition) is 1. The molecule has 1 heterocycles.